The lowest BCUT2D eigenvalue weighted by Gasteiger charge is -2.26. The van der Waals surface area contributed by atoms with E-state index in [0.29, 0.717) is 31.2 Å². The molecule has 20 heavy (non-hydrogen) atoms. The number of aliphatic hydroxyl groups is 1. The van der Waals surface area contributed by atoms with E-state index in [1.54, 1.807) is 4.90 Å². The average molecular weight is 300 g/mol. The maximum Gasteiger partial charge on any atom is 0.267 e. The van der Waals surface area contributed by atoms with E-state index in [9.17, 15) is 4.79 Å². The summed E-state index contributed by atoms with van der Waals surface area (Å²) in [5, 5.41) is 9.74. The van der Waals surface area contributed by atoms with Gasteiger partial charge in [0.1, 0.15) is 10.7 Å². The van der Waals surface area contributed by atoms with Crippen molar-refractivity contribution in [3.63, 3.8) is 0 Å². The van der Waals surface area contributed by atoms with Gasteiger partial charge < -0.3 is 25.4 Å². The van der Waals surface area contributed by atoms with Gasteiger partial charge in [0.05, 0.1) is 19.8 Å². The molecule has 1 aliphatic rings. The molecule has 8 heteroatoms. The number of morpholine rings is 1. The van der Waals surface area contributed by atoms with Crippen molar-refractivity contribution in [1.82, 2.24) is 9.88 Å². The summed E-state index contributed by atoms with van der Waals surface area (Å²) in [6, 6.07) is 0. The number of nitrogens with zero attached hydrogens (tertiary/aromatic N) is 3. The van der Waals surface area contributed by atoms with Crippen molar-refractivity contribution in [3.05, 3.63) is 4.88 Å². The summed E-state index contributed by atoms with van der Waals surface area (Å²) in [5.41, 5.74) is 5.87. The normalized spacial score (nSPS) is 15.4. The van der Waals surface area contributed by atoms with Crippen molar-refractivity contribution in [1.29, 1.82) is 0 Å². The smallest absolute Gasteiger partial charge is 0.267 e. The Morgan fingerprint density at radius 1 is 1.55 bits per heavy atom. The SMILES string of the molecule is CCN(CCO)C(=O)c1sc(N2CCOCC2)nc1N. The third-order valence-corrected chi connectivity index (χ3v) is 4.28. The molecule has 1 aromatic rings. The largest absolute Gasteiger partial charge is 0.395 e. The predicted molar refractivity (Wildman–Crippen MR) is 78.2 cm³/mol. The van der Waals surface area contributed by atoms with Gasteiger partial charge in [-0.2, -0.15) is 0 Å². The third-order valence-electron chi connectivity index (χ3n) is 3.16. The monoisotopic (exact) mass is 300 g/mol. The number of nitrogens with two attached hydrogens (primary N) is 1. The van der Waals surface area contributed by atoms with Gasteiger partial charge in [-0.25, -0.2) is 4.98 Å². The van der Waals surface area contributed by atoms with Crippen molar-refractivity contribution in [3.8, 4) is 0 Å². The van der Waals surface area contributed by atoms with Gasteiger partial charge in [0.2, 0.25) is 0 Å². The quantitative estimate of drug-likeness (QED) is 0.796. The number of anilines is 2. The molecule has 3 N–H and O–H groups in total. The van der Waals surface area contributed by atoms with Crippen LogP contribution in [0.3, 0.4) is 0 Å². The summed E-state index contributed by atoms with van der Waals surface area (Å²) < 4.78 is 5.29. The molecule has 2 rings (SSSR count). The summed E-state index contributed by atoms with van der Waals surface area (Å²) >= 11 is 1.31. The number of nitrogen functional groups attached to an aromatic ring is 1. The molecule has 0 unspecified atom stereocenters. The molecule has 1 fully saturated rings. The maximum atomic E-state index is 12.3. The number of likely N-dealkylation sites (N-methyl/N-ethyl adjacent to an activating group) is 1. The van der Waals surface area contributed by atoms with E-state index in [-0.39, 0.29) is 18.3 Å². The van der Waals surface area contributed by atoms with E-state index in [1.165, 1.54) is 11.3 Å². The van der Waals surface area contributed by atoms with Crippen LogP contribution in [0.5, 0.6) is 0 Å². The Hall–Kier alpha value is -1.38. The van der Waals surface area contributed by atoms with E-state index in [4.69, 9.17) is 15.6 Å². The Morgan fingerprint density at radius 3 is 2.85 bits per heavy atom. The van der Waals surface area contributed by atoms with E-state index < -0.39 is 0 Å². The minimum Gasteiger partial charge on any atom is -0.395 e. The van der Waals surface area contributed by atoms with Gasteiger partial charge >= 0.3 is 0 Å². The fraction of sp³-hybridized carbons (Fsp3) is 0.667. The third kappa shape index (κ3) is 3.20. The predicted octanol–water partition coefficient (Wildman–Crippen LogP) is 0.0163. The Morgan fingerprint density at radius 2 is 2.25 bits per heavy atom. The van der Waals surface area contributed by atoms with Crippen molar-refractivity contribution >= 4 is 28.2 Å². The molecule has 7 nitrogen and oxygen atoms in total. The average Bonchev–Trinajstić information content (AvgIpc) is 2.87. The first-order valence-corrected chi connectivity index (χ1v) is 7.48. The van der Waals surface area contributed by atoms with Crippen LogP contribution in [0.15, 0.2) is 0 Å². The molecule has 0 atom stereocenters. The first-order valence-electron chi connectivity index (χ1n) is 6.66. The lowest BCUT2D eigenvalue weighted by Crippen LogP contribution is -2.36. The Kier molecular flexibility index (Phi) is 5.16. The van der Waals surface area contributed by atoms with Gasteiger partial charge in [0.15, 0.2) is 5.13 Å². The molecule has 0 aliphatic carbocycles. The van der Waals surface area contributed by atoms with Crippen LogP contribution in [-0.2, 0) is 4.74 Å². The molecule has 112 valence electrons. The Bertz CT molecular complexity index is 460. The molecule has 1 amide bonds. The van der Waals surface area contributed by atoms with Crippen LogP contribution < -0.4 is 10.6 Å². The first kappa shape index (κ1) is 15.0. The molecular formula is C12H20N4O3S. The van der Waals surface area contributed by atoms with E-state index in [0.717, 1.165) is 18.2 Å². The molecule has 1 saturated heterocycles. The van der Waals surface area contributed by atoms with Crippen molar-refractivity contribution < 1.29 is 14.6 Å². The van der Waals surface area contributed by atoms with Gasteiger partial charge in [-0.15, -0.1) is 0 Å². The molecule has 0 aromatic carbocycles. The van der Waals surface area contributed by atoms with Crippen LogP contribution in [0.1, 0.15) is 16.6 Å². The summed E-state index contributed by atoms with van der Waals surface area (Å²) in [7, 11) is 0. The number of carbonyl (C=O) groups is 1. The summed E-state index contributed by atoms with van der Waals surface area (Å²) in [6.07, 6.45) is 0. The lowest BCUT2D eigenvalue weighted by molar-refractivity contribution is 0.0737. The molecular weight excluding hydrogens is 280 g/mol. The highest BCUT2D eigenvalue weighted by atomic mass is 32.1. The summed E-state index contributed by atoms with van der Waals surface area (Å²) in [6.45, 7) is 5.48. The first-order chi connectivity index (χ1) is 9.67. The van der Waals surface area contributed by atoms with Gasteiger partial charge in [0.25, 0.3) is 5.91 Å². The van der Waals surface area contributed by atoms with Gasteiger partial charge in [0, 0.05) is 26.2 Å². The lowest BCUT2D eigenvalue weighted by atomic mass is 10.4. The molecule has 0 spiro atoms. The number of rotatable bonds is 5. The number of aliphatic hydroxyl groups excluding tert-OH is 1. The summed E-state index contributed by atoms with van der Waals surface area (Å²) in [4.78, 5) is 20.7. The van der Waals surface area contributed by atoms with Crippen LogP contribution in [0.25, 0.3) is 0 Å². The summed E-state index contributed by atoms with van der Waals surface area (Å²) in [5.74, 6) is 0.0916. The van der Waals surface area contributed by atoms with E-state index in [1.807, 2.05) is 6.92 Å². The van der Waals surface area contributed by atoms with Gasteiger partial charge in [-0.3, -0.25) is 4.79 Å². The number of ether oxygens (including phenoxy) is 1. The fourth-order valence-electron chi connectivity index (χ4n) is 2.03. The van der Waals surface area contributed by atoms with Crippen LogP contribution in [0.2, 0.25) is 0 Å². The molecule has 0 bridgehead atoms. The molecule has 2 heterocycles. The van der Waals surface area contributed by atoms with Crippen LogP contribution >= 0.6 is 11.3 Å². The topological polar surface area (TPSA) is 91.9 Å². The number of amides is 1. The second-order valence-electron chi connectivity index (χ2n) is 4.42. The minimum absolute atomic E-state index is 0.0609. The van der Waals surface area contributed by atoms with Crippen LogP contribution in [-0.4, -0.2) is 66.9 Å². The zero-order valence-corrected chi connectivity index (χ0v) is 12.4. The standard InChI is InChI=1S/C12H20N4O3S/c1-2-15(3-6-17)11(18)9-10(13)14-12(20-9)16-4-7-19-8-5-16/h17H,2-8,13H2,1H3. The number of aromatic nitrogens is 1. The van der Waals surface area contributed by atoms with Crippen molar-refractivity contribution in [2.24, 2.45) is 0 Å². The molecule has 1 aromatic heterocycles. The highest BCUT2D eigenvalue weighted by Gasteiger charge is 2.23. The van der Waals surface area contributed by atoms with Crippen molar-refractivity contribution in [2.45, 2.75) is 6.92 Å². The molecule has 1 aliphatic heterocycles. The number of hydrogen-bond acceptors (Lipinski definition) is 7. The Balaban J connectivity index is 2.15. The van der Waals surface area contributed by atoms with Crippen LogP contribution in [0.4, 0.5) is 10.9 Å². The highest BCUT2D eigenvalue weighted by molar-refractivity contribution is 7.18. The highest BCUT2D eigenvalue weighted by Crippen LogP contribution is 2.29. The van der Waals surface area contributed by atoms with Gasteiger partial charge in [-0.1, -0.05) is 11.3 Å². The second-order valence-corrected chi connectivity index (χ2v) is 5.40. The molecule has 0 radical (unpaired) electrons. The Labute approximate surface area is 121 Å². The number of thiazole rings is 1. The maximum absolute atomic E-state index is 12.3. The zero-order valence-electron chi connectivity index (χ0n) is 11.5. The number of hydrogen-bond donors (Lipinski definition) is 2. The fourth-order valence-corrected chi connectivity index (χ4v) is 3.04. The molecule has 0 saturated carbocycles. The second kappa shape index (κ2) is 6.87. The van der Waals surface area contributed by atoms with Crippen LogP contribution in [0, 0.1) is 0 Å². The zero-order chi connectivity index (χ0) is 14.5. The minimum atomic E-state index is -0.170. The van der Waals surface area contributed by atoms with E-state index >= 15 is 0 Å². The number of carbonyl (C=O) groups excluding carboxylic acids is 1. The van der Waals surface area contributed by atoms with Gasteiger partial charge in [-0.05, 0) is 6.92 Å². The van der Waals surface area contributed by atoms with E-state index in [2.05, 4.69) is 9.88 Å². The van der Waals surface area contributed by atoms with Crippen molar-refractivity contribution in [2.75, 3.05) is 56.6 Å².